The molecule has 0 radical (unpaired) electrons. The lowest BCUT2D eigenvalue weighted by Crippen LogP contribution is -2.58. The van der Waals surface area contributed by atoms with Crippen molar-refractivity contribution in [1.82, 2.24) is 0 Å². The normalized spacial score (nSPS) is 15.5. The van der Waals surface area contributed by atoms with E-state index >= 15 is 0 Å². The Hall–Kier alpha value is -1.10. The first-order valence-corrected chi connectivity index (χ1v) is 5.40. The molecule has 0 spiro atoms. The Morgan fingerprint density at radius 1 is 1.00 bits per heavy atom. The van der Waals surface area contributed by atoms with Gasteiger partial charge in [0, 0.05) is 7.11 Å². The minimum absolute atomic E-state index is 0.118. The number of methoxy groups -OCH3 is 1. The molecule has 1 unspecified atom stereocenters. The molecule has 5 nitrogen and oxygen atoms in total. The molecule has 0 aliphatic rings. The molecule has 0 aliphatic carbocycles. The maximum Gasteiger partial charge on any atom is 0.337 e. The Labute approximate surface area is 95.4 Å². The van der Waals surface area contributed by atoms with Crippen LogP contribution in [-0.2, 0) is 14.3 Å². The average molecular weight is 232 g/mol. The Balaban J connectivity index is 5.78. The van der Waals surface area contributed by atoms with Crippen molar-refractivity contribution in [2.75, 3.05) is 7.11 Å². The molecule has 94 valence electrons. The SMILES string of the molecule is CCC(CC)(C(=O)O)C(CC)(OC)C(=O)O. The van der Waals surface area contributed by atoms with Crippen LogP contribution in [0.5, 0.6) is 0 Å². The summed E-state index contributed by atoms with van der Waals surface area (Å²) in [6.07, 6.45) is 0.548. The molecule has 0 saturated heterocycles. The van der Waals surface area contributed by atoms with Gasteiger partial charge in [-0.05, 0) is 19.3 Å². The molecular formula is C11H20O5. The summed E-state index contributed by atoms with van der Waals surface area (Å²) in [6, 6.07) is 0. The summed E-state index contributed by atoms with van der Waals surface area (Å²) in [5, 5.41) is 18.6. The monoisotopic (exact) mass is 232 g/mol. The summed E-state index contributed by atoms with van der Waals surface area (Å²) in [4.78, 5) is 22.8. The molecule has 0 aromatic rings. The Morgan fingerprint density at radius 2 is 1.44 bits per heavy atom. The fourth-order valence-electron chi connectivity index (χ4n) is 2.42. The Bertz CT molecular complexity index is 236. The zero-order valence-electron chi connectivity index (χ0n) is 10.2. The minimum Gasteiger partial charge on any atom is -0.481 e. The highest BCUT2D eigenvalue weighted by Gasteiger charge is 2.59. The van der Waals surface area contributed by atoms with E-state index in [4.69, 9.17) is 4.74 Å². The van der Waals surface area contributed by atoms with Crippen molar-refractivity contribution in [2.24, 2.45) is 5.41 Å². The third-order valence-corrected chi connectivity index (χ3v) is 3.58. The van der Waals surface area contributed by atoms with Gasteiger partial charge in [0.15, 0.2) is 5.60 Å². The largest absolute Gasteiger partial charge is 0.481 e. The van der Waals surface area contributed by atoms with E-state index in [1.165, 1.54) is 7.11 Å². The van der Waals surface area contributed by atoms with Crippen molar-refractivity contribution in [1.29, 1.82) is 0 Å². The van der Waals surface area contributed by atoms with Crippen molar-refractivity contribution in [3.05, 3.63) is 0 Å². The molecule has 0 aliphatic heterocycles. The van der Waals surface area contributed by atoms with Crippen LogP contribution in [0.4, 0.5) is 0 Å². The molecule has 0 aromatic heterocycles. The molecule has 0 amide bonds. The quantitative estimate of drug-likeness (QED) is 0.698. The Kier molecular flexibility index (Phi) is 4.93. The molecule has 1 atom stereocenters. The van der Waals surface area contributed by atoms with Gasteiger partial charge in [-0.2, -0.15) is 0 Å². The second-order valence-electron chi connectivity index (χ2n) is 3.78. The van der Waals surface area contributed by atoms with Gasteiger partial charge in [-0.1, -0.05) is 20.8 Å². The average Bonchev–Trinajstić information content (AvgIpc) is 2.25. The van der Waals surface area contributed by atoms with E-state index in [-0.39, 0.29) is 19.3 Å². The van der Waals surface area contributed by atoms with E-state index in [0.29, 0.717) is 0 Å². The zero-order chi connectivity index (χ0) is 13.0. The van der Waals surface area contributed by atoms with Gasteiger partial charge in [0.2, 0.25) is 0 Å². The van der Waals surface area contributed by atoms with Crippen molar-refractivity contribution < 1.29 is 24.5 Å². The highest BCUT2D eigenvalue weighted by molar-refractivity contribution is 5.88. The molecule has 5 heteroatoms. The first-order valence-electron chi connectivity index (χ1n) is 5.40. The number of carboxylic acid groups (broad SMARTS) is 2. The van der Waals surface area contributed by atoms with Gasteiger partial charge in [0.1, 0.15) is 5.41 Å². The zero-order valence-corrected chi connectivity index (χ0v) is 10.2. The lowest BCUT2D eigenvalue weighted by atomic mass is 9.66. The van der Waals surface area contributed by atoms with Crippen LogP contribution in [0, 0.1) is 5.41 Å². The van der Waals surface area contributed by atoms with Crippen LogP contribution in [0.1, 0.15) is 40.0 Å². The first-order chi connectivity index (χ1) is 7.38. The third-order valence-electron chi connectivity index (χ3n) is 3.58. The summed E-state index contributed by atoms with van der Waals surface area (Å²) in [5.41, 5.74) is -3.05. The summed E-state index contributed by atoms with van der Waals surface area (Å²) >= 11 is 0. The Morgan fingerprint density at radius 3 is 1.50 bits per heavy atom. The van der Waals surface area contributed by atoms with Crippen LogP contribution >= 0.6 is 0 Å². The number of rotatable bonds is 7. The van der Waals surface area contributed by atoms with Gasteiger partial charge in [-0.15, -0.1) is 0 Å². The summed E-state index contributed by atoms with van der Waals surface area (Å²) in [5.74, 6) is -2.34. The minimum atomic E-state index is -1.66. The van der Waals surface area contributed by atoms with E-state index in [9.17, 15) is 19.8 Å². The molecule has 0 fully saturated rings. The van der Waals surface area contributed by atoms with Crippen LogP contribution in [0.2, 0.25) is 0 Å². The highest BCUT2D eigenvalue weighted by Crippen LogP contribution is 2.43. The number of hydrogen-bond donors (Lipinski definition) is 2. The predicted molar refractivity (Wildman–Crippen MR) is 58.3 cm³/mol. The van der Waals surface area contributed by atoms with Crippen molar-refractivity contribution >= 4 is 11.9 Å². The van der Waals surface area contributed by atoms with Crippen LogP contribution in [-0.4, -0.2) is 34.9 Å². The number of ether oxygens (including phenoxy) is 1. The van der Waals surface area contributed by atoms with Crippen molar-refractivity contribution in [3.63, 3.8) is 0 Å². The van der Waals surface area contributed by atoms with E-state index in [1.807, 2.05) is 0 Å². The maximum absolute atomic E-state index is 11.4. The van der Waals surface area contributed by atoms with Gasteiger partial charge in [0.25, 0.3) is 0 Å². The second kappa shape index (κ2) is 5.30. The van der Waals surface area contributed by atoms with Crippen LogP contribution in [0.25, 0.3) is 0 Å². The van der Waals surface area contributed by atoms with Gasteiger partial charge < -0.3 is 14.9 Å². The van der Waals surface area contributed by atoms with Gasteiger partial charge >= 0.3 is 11.9 Å². The number of aliphatic carboxylic acids is 2. The van der Waals surface area contributed by atoms with Gasteiger partial charge in [-0.25, -0.2) is 4.79 Å². The van der Waals surface area contributed by atoms with Crippen LogP contribution < -0.4 is 0 Å². The number of carboxylic acids is 2. The molecular weight excluding hydrogens is 212 g/mol. The molecule has 2 N–H and O–H groups in total. The molecule has 0 heterocycles. The fraction of sp³-hybridized carbons (Fsp3) is 0.818. The summed E-state index contributed by atoms with van der Waals surface area (Å²) in [6.45, 7) is 4.97. The predicted octanol–water partition coefficient (Wildman–Crippen LogP) is 1.76. The van der Waals surface area contributed by atoms with Crippen molar-refractivity contribution in [2.45, 2.75) is 45.6 Å². The molecule has 0 aromatic carbocycles. The number of carbonyl (C=O) groups is 2. The van der Waals surface area contributed by atoms with Gasteiger partial charge in [0.05, 0.1) is 0 Å². The van der Waals surface area contributed by atoms with E-state index in [0.717, 1.165) is 0 Å². The first kappa shape index (κ1) is 14.9. The smallest absolute Gasteiger partial charge is 0.337 e. The highest BCUT2D eigenvalue weighted by atomic mass is 16.5. The van der Waals surface area contributed by atoms with E-state index < -0.39 is 23.0 Å². The van der Waals surface area contributed by atoms with Crippen LogP contribution in [0.15, 0.2) is 0 Å². The lowest BCUT2D eigenvalue weighted by Gasteiger charge is -2.42. The molecule has 0 rings (SSSR count). The summed E-state index contributed by atoms with van der Waals surface area (Å²) in [7, 11) is 1.25. The summed E-state index contributed by atoms with van der Waals surface area (Å²) < 4.78 is 5.08. The standard InChI is InChI=1S/C11H20O5/c1-5-10(6-2,8(12)13)11(7-3,16-4)9(14)15/h5-7H2,1-4H3,(H,12,13)(H,14,15). The third kappa shape index (κ3) is 1.80. The van der Waals surface area contributed by atoms with Gasteiger partial charge in [-0.3, -0.25) is 4.79 Å². The molecule has 16 heavy (non-hydrogen) atoms. The van der Waals surface area contributed by atoms with E-state index in [2.05, 4.69) is 0 Å². The lowest BCUT2D eigenvalue weighted by molar-refractivity contribution is -0.197. The molecule has 0 saturated carbocycles. The molecule has 0 bridgehead atoms. The van der Waals surface area contributed by atoms with E-state index in [1.54, 1.807) is 20.8 Å². The fourth-order valence-corrected chi connectivity index (χ4v) is 2.42. The van der Waals surface area contributed by atoms with Crippen LogP contribution in [0.3, 0.4) is 0 Å². The topological polar surface area (TPSA) is 83.8 Å². The van der Waals surface area contributed by atoms with Crippen molar-refractivity contribution in [3.8, 4) is 0 Å². The maximum atomic E-state index is 11.4. The second-order valence-corrected chi connectivity index (χ2v) is 3.78. The number of hydrogen-bond acceptors (Lipinski definition) is 3.